The van der Waals surface area contributed by atoms with Gasteiger partial charge >= 0.3 is 0 Å². The number of rotatable bonds is 9. The quantitative estimate of drug-likeness (QED) is 0.375. The number of benzene rings is 2. The summed E-state index contributed by atoms with van der Waals surface area (Å²) in [5.41, 5.74) is 0.264. The summed E-state index contributed by atoms with van der Waals surface area (Å²) < 4.78 is 80.1. The van der Waals surface area contributed by atoms with Crippen LogP contribution in [0, 0.1) is 22.9 Å². The highest BCUT2D eigenvalue weighted by molar-refractivity contribution is 7.93. The SMILES string of the molecule is CNC1CCC(COc2cc(F)c(S(=O)(=O)Nc3ncns3)cc2F)(Cc2ccc(Cl)c(F)c2)CC1. The standard InChI is InChI=1S/C23H24ClF3N4O3S2/c1-28-15-4-6-23(7-5-15,11-14-2-3-16(24)17(25)8-14)12-34-20-9-19(27)21(10-18(20)26)36(32,33)31-22-29-13-30-35-22/h2-3,8-10,13,15,28H,4-7,11-12H2,1H3,(H,29,30,31). The number of sulfonamides is 1. The number of nitrogens with one attached hydrogen (secondary N) is 2. The molecule has 1 fully saturated rings. The van der Waals surface area contributed by atoms with Gasteiger partial charge in [-0.25, -0.2) is 26.6 Å². The van der Waals surface area contributed by atoms with Gasteiger partial charge in [-0.15, -0.1) is 0 Å². The van der Waals surface area contributed by atoms with Gasteiger partial charge in [-0.1, -0.05) is 17.7 Å². The molecular formula is C23H24ClF3N4O3S2. The second-order valence-electron chi connectivity index (χ2n) is 8.84. The molecular weight excluding hydrogens is 537 g/mol. The Bertz CT molecular complexity index is 1320. The Hall–Kier alpha value is -2.41. The first-order chi connectivity index (χ1) is 17.1. The second-order valence-corrected chi connectivity index (χ2v) is 11.7. The van der Waals surface area contributed by atoms with Crippen molar-refractivity contribution in [2.45, 2.75) is 43.0 Å². The predicted molar refractivity (Wildman–Crippen MR) is 131 cm³/mol. The molecule has 0 amide bonds. The summed E-state index contributed by atoms with van der Waals surface area (Å²) >= 11 is 6.57. The number of hydrogen-bond acceptors (Lipinski definition) is 7. The number of aromatic nitrogens is 2. The van der Waals surface area contributed by atoms with Crippen LogP contribution in [-0.2, 0) is 16.4 Å². The van der Waals surface area contributed by atoms with E-state index in [1.165, 1.54) is 12.1 Å². The first-order valence-corrected chi connectivity index (χ1v) is 13.8. The molecule has 194 valence electrons. The molecule has 0 atom stereocenters. The highest BCUT2D eigenvalue weighted by Gasteiger charge is 2.37. The Kier molecular flexibility index (Phi) is 8.08. The van der Waals surface area contributed by atoms with Gasteiger partial charge in [0.25, 0.3) is 10.0 Å². The maximum Gasteiger partial charge on any atom is 0.266 e. The van der Waals surface area contributed by atoms with Gasteiger partial charge in [0.2, 0.25) is 5.13 Å². The normalized spacial score (nSPS) is 20.3. The molecule has 0 saturated heterocycles. The maximum absolute atomic E-state index is 14.9. The summed E-state index contributed by atoms with van der Waals surface area (Å²) in [7, 11) is -2.54. The number of hydrogen-bond donors (Lipinski definition) is 2. The van der Waals surface area contributed by atoms with E-state index >= 15 is 0 Å². The number of anilines is 1. The lowest BCUT2D eigenvalue weighted by atomic mass is 9.69. The fourth-order valence-electron chi connectivity index (χ4n) is 4.42. The van der Waals surface area contributed by atoms with Crippen molar-refractivity contribution in [2.24, 2.45) is 5.41 Å². The lowest BCUT2D eigenvalue weighted by Gasteiger charge is -2.40. The minimum Gasteiger partial charge on any atom is -0.490 e. The Morgan fingerprint density at radius 3 is 2.53 bits per heavy atom. The fraction of sp³-hybridized carbons (Fsp3) is 0.391. The minimum absolute atomic E-state index is 0.0242. The van der Waals surface area contributed by atoms with Crippen LogP contribution in [0.5, 0.6) is 5.75 Å². The molecule has 7 nitrogen and oxygen atoms in total. The third kappa shape index (κ3) is 6.10. The molecule has 0 unspecified atom stereocenters. The highest BCUT2D eigenvalue weighted by atomic mass is 35.5. The van der Waals surface area contributed by atoms with Crippen LogP contribution in [0.15, 0.2) is 41.6 Å². The summed E-state index contributed by atoms with van der Waals surface area (Å²) in [5, 5.41) is 3.20. The molecule has 0 bridgehead atoms. The zero-order valence-corrected chi connectivity index (χ0v) is 21.6. The van der Waals surface area contributed by atoms with Gasteiger partial charge in [0.15, 0.2) is 11.6 Å². The lowest BCUT2D eigenvalue weighted by molar-refractivity contribution is 0.0832. The van der Waals surface area contributed by atoms with Crippen LogP contribution in [-0.4, -0.2) is 37.5 Å². The zero-order chi connectivity index (χ0) is 25.9. The van der Waals surface area contributed by atoms with Crippen molar-refractivity contribution in [3.63, 3.8) is 0 Å². The topological polar surface area (TPSA) is 93.2 Å². The molecule has 1 aliphatic carbocycles. The number of nitrogens with zero attached hydrogens (tertiary/aromatic N) is 2. The summed E-state index contributed by atoms with van der Waals surface area (Å²) in [5.74, 6) is -3.12. The smallest absolute Gasteiger partial charge is 0.266 e. The molecule has 0 spiro atoms. The van der Waals surface area contributed by atoms with Crippen molar-refractivity contribution in [3.05, 3.63) is 64.7 Å². The van der Waals surface area contributed by atoms with Crippen molar-refractivity contribution in [2.75, 3.05) is 18.4 Å². The molecule has 36 heavy (non-hydrogen) atoms. The summed E-state index contributed by atoms with van der Waals surface area (Å²) in [6.45, 7) is 0.0408. The summed E-state index contributed by atoms with van der Waals surface area (Å²) in [6.07, 6.45) is 4.69. The van der Waals surface area contributed by atoms with Crippen molar-refractivity contribution in [1.29, 1.82) is 0 Å². The van der Waals surface area contributed by atoms with Gasteiger partial charge in [-0.3, -0.25) is 4.72 Å². The van der Waals surface area contributed by atoms with Crippen LogP contribution in [0.4, 0.5) is 18.3 Å². The van der Waals surface area contributed by atoms with Gasteiger partial charge in [-0.2, -0.15) is 4.37 Å². The van der Waals surface area contributed by atoms with Gasteiger partial charge in [0.05, 0.1) is 11.6 Å². The van der Waals surface area contributed by atoms with E-state index in [-0.39, 0.29) is 16.8 Å². The van der Waals surface area contributed by atoms with E-state index < -0.39 is 43.5 Å². The Labute approximate surface area is 216 Å². The van der Waals surface area contributed by atoms with E-state index in [9.17, 15) is 21.6 Å². The molecule has 13 heteroatoms. The van der Waals surface area contributed by atoms with E-state index in [1.54, 1.807) is 6.07 Å². The fourth-order valence-corrected chi connectivity index (χ4v) is 6.27. The Balaban J connectivity index is 1.54. The predicted octanol–water partition coefficient (Wildman–Crippen LogP) is 5.18. The van der Waals surface area contributed by atoms with Gasteiger partial charge < -0.3 is 10.1 Å². The van der Waals surface area contributed by atoms with E-state index in [0.717, 1.165) is 42.3 Å². The maximum atomic E-state index is 14.9. The van der Waals surface area contributed by atoms with E-state index in [1.807, 2.05) is 7.05 Å². The Morgan fingerprint density at radius 2 is 1.89 bits per heavy atom. The average Bonchev–Trinajstić information content (AvgIpc) is 3.34. The van der Waals surface area contributed by atoms with Crippen molar-refractivity contribution < 1.29 is 26.3 Å². The van der Waals surface area contributed by atoms with Crippen molar-refractivity contribution in [3.8, 4) is 5.75 Å². The third-order valence-corrected chi connectivity index (χ3v) is 8.78. The molecule has 0 aliphatic heterocycles. The zero-order valence-electron chi connectivity index (χ0n) is 19.2. The van der Waals surface area contributed by atoms with Gasteiger partial charge in [0, 0.05) is 35.1 Å². The van der Waals surface area contributed by atoms with Crippen LogP contribution < -0.4 is 14.8 Å². The largest absolute Gasteiger partial charge is 0.490 e. The van der Waals surface area contributed by atoms with Crippen molar-refractivity contribution in [1.82, 2.24) is 14.7 Å². The lowest BCUT2D eigenvalue weighted by Crippen LogP contribution is -2.40. The van der Waals surface area contributed by atoms with Crippen LogP contribution >= 0.6 is 23.1 Å². The molecule has 4 rings (SSSR count). The van der Waals surface area contributed by atoms with E-state index in [2.05, 4.69) is 19.4 Å². The molecule has 1 aromatic heterocycles. The first-order valence-electron chi connectivity index (χ1n) is 11.1. The van der Waals surface area contributed by atoms with Crippen LogP contribution in [0.1, 0.15) is 31.2 Å². The number of ether oxygens (including phenoxy) is 1. The second kappa shape index (κ2) is 10.9. The van der Waals surface area contributed by atoms with Crippen LogP contribution in [0.25, 0.3) is 0 Å². The van der Waals surface area contributed by atoms with E-state index in [0.29, 0.717) is 31.4 Å². The van der Waals surface area contributed by atoms with Gasteiger partial charge in [-0.05, 0) is 56.8 Å². The average molecular weight is 561 g/mol. The summed E-state index contributed by atoms with van der Waals surface area (Å²) in [4.78, 5) is 2.81. The van der Waals surface area contributed by atoms with Gasteiger partial charge in [0.1, 0.15) is 22.9 Å². The monoisotopic (exact) mass is 560 g/mol. The molecule has 2 aromatic carbocycles. The molecule has 0 radical (unpaired) electrons. The minimum atomic E-state index is -4.42. The summed E-state index contributed by atoms with van der Waals surface area (Å²) in [6, 6.07) is 6.22. The molecule has 2 N–H and O–H groups in total. The van der Waals surface area contributed by atoms with Crippen molar-refractivity contribution >= 4 is 38.3 Å². The Morgan fingerprint density at radius 1 is 1.14 bits per heavy atom. The van der Waals surface area contributed by atoms with Crippen LogP contribution in [0.2, 0.25) is 5.02 Å². The number of halogens is 4. The third-order valence-electron chi connectivity index (χ3n) is 6.41. The first kappa shape index (κ1) is 26.6. The molecule has 3 aromatic rings. The van der Waals surface area contributed by atoms with Crippen LogP contribution in [0.3, 0.4) is 0 Å². The highest BCUT2D eigenvalue weighted by Crippen LogP contribution is 2.41. The molecule has 1 aliphatic rings. The van der Waals surface area contributed by atoms with E-state index in [4.69, 9.17) is 16.3 Å². The molecule has 1 saturated carbocycles. The molecule has 1 heterocycles.